The predicted octanol–water partition coefficient (Wildman–Crippen LogP) is 4.08. The van der Waals surface area contributed by atoms with Crippen molar-refractivity contribution in [1.29, 1.82) is 0 Å². The highest BCUT2D eigenvalue weighted by Gasteiger charge is 2.15. The van der Waals surface area contributed by atoms with Gasteiger partial charge in [-0.25, -0.2) is 0 Å². The number of halogens is 1. The molecule has 0 bridgehead atoms. The van der Waals surface area contributed by atoms with E-state index in [4.69, 9.17) is 11.6 Å². The first-order chi connectivity index (χ1) is 14.9. The second-order valence-electron chi connectivity index (χ2n) is 6.94. The number of benzene rings is 2. The van der Waals surface area contributed by atoms with Crippen molar-refractivity contribution in [3.05, 3.63) is 58.6 Å². The highest BCUT2D eigenvalue weighted by molar-refractivity contribution is 7.99. The molecule has 1 aromatic heterocycles. The lowest BCUT2D eigenvalue weighted by Crippen LogP contribution is -2.34. The van der Waals surface area contributed by atoms with Gasteiger partial charge in [0.25, 0.3) is 0 Å². The van der Waals surface area contributed by atoms with E-state index in [1.807, 2.05) is 55.7 Å². The van der Waals surface area contributed by atoms with Gasteiger partial charge in [0, 0.05) is 22.8 Å². The van der Waals surface area contributed by atoms with Crippen molar-refractivity contribution in [2.45, 2.75) is 32.5 Å². The van der Waals surface area contributed by atoms with E-state index in [9.17, 15) is 9.59 Å². The Hall–Kier alpha value is -2.84. The van der Waals surface area contributed by atoms with Crippen LogP contribution in [0.2, 0.25) is 5.02 Å². The number of rotatable bonds is 8. The standard InChI is InChI=1S/C22H24ClN5O2S/c1-4-28-21(16-8-10-17(23)11-9-16)26-27-22(28)31-13-19(30)24-12-18(29)25-20-14(2)6-5-7-15(20)3/h5-11H,4,12-13H2,1-3H3,(H,24,30)(H,25,29). The minimum absolute atomic E-state index is 0.0936. The summed E-state index contributed by atoms with van der Waals surface area (Å²) in [4.78, 5) is 24.4. The molecule has 0 aliphatic rings. The van der Waals surface area contributed by atoms with E-state index in [1.54, 1.807) is 12.1 Å². The van der Waals surface area contributed by atoms with E-state index in [0.717, 1.165) is 28.2 Å². The molecule has 0 radical (unpaired) electrons. The highest BCUT2D eigenvalue weighted by atomic mass is 35.5. The van der Waals surface area contributed by atoms with E-state index >= 15 is 0 Å². The predicted molar refractivity (Wildman–Crippen MR) is 124 cm³/mol. The molecule has 0 spiro atoms. The van der Waals surface area contributed by atoms with Crippen molar-refractivity contribution in [3.63, 3.8) is 0 Å². The van der Waals surface area contributed by atoms with Gasteiger partial charge >= 0.3 is 0 Å². The van der Waals surface area contributed by atoms with Crippen LogP contribution < -0.4 is 10.6 Å². The number of para-hydroxylation sites is 1. The number of thioether (sulfide) groups is 1. The van der Waals surface area contributed by atoms with Gasteiger partial charge in [0.2, 0.25) is 11.8 Å². The molecule has 0 saturated heterocycles. The fourth-order valence-corrected chi connectivity index (χ4v) is 4.01. The SMILES string of the molecule is CCn1c(SCC(=O)NCC(=O)Nc2c(C)cccc2C)nnc1-c1ccc(Cl)cc1. The van der Waals surface area contributed by atoms with Crippen molar-refractivity contribution in [3.8, 4) is 11.4 Å². The molecule has 7 nitrogen and oxygen atoms in total. The lowest BCUT2D eigenvalue weighted by Gasteiger charge is -2.12. The van der Waals surface area contributed by atoms with Gasteiger partial charge in [0.1, 0.15) is 0 Å². The van der Waals surface area contributed by atoms with Crippen LogP contribution in [0.15, 0.2) is 47.6 Å². The Morgan fingerprint density at radius 3 is 2.35 bits per heavy atom. The van der Waals surface area contributed by atoms with Crippen LogP contribution in [0.25, 0.3) is 11.4 Å². The summed E-state index contributed by atoms with van der Waals surface area (Å²) in [5, 5.41) is 15.3. The molecule has 0 aliphatic heterocycles. The molecule has 9 heteroatoms. The maximum absolute atomic E-state index is 12.2. The average molecular weight is 458 g/mol. The Bertz CT molecular complexity index is 1060. The van der Waals surface area contributed by atoms with Gasteiger partial charge in [0.05, 0.1) is 12.3 Å². The second kappa shape index (κ2) is 10.5. The lowest BCUT2D eigenvalue weighted by atomic mass is 10.1. The second-order valence-corrected chi connectivity index (χ2v) is 8.32. The fraction of sp³-hybridized carbons (Fsp3) is 0.273. The Kier molecular flexibility index (Phi) is 7.70. The third kappa shape index (κ3) is 5.86. The van der Waals surface area contributed by atoms with Gasteiger partial charge in [-0.15, -0.1) is 10.2 Å². The molecule has 3 rings (SSSR count). The number of carbonyl (C=O) groups excluding carboxylic acids is 2. The maximum atomic E-state index is 12.2. The summed E-state index contributed by atoms with van der Waals surface area (Å²) in [7, 11) is 0. The molecular weight excluding hydrogens is 434 g/mol. The smallest absolute Gasteiger partial charge is 0.243 e. The van der Waals surface area contributed by atoms with Crippen LogP contribution in [0.1, 0.15) is 18.1 Å². The first-order valence-corrected chi connectivity index (χ1v) is 11.2. The molecule has 2 N–H and O–H groups in total. The van der Waals surface area contributed by atoms with E-state index in [1.165, 1.54) is 11.8 Å². The summed E-state index contributed by atoms with van der Waals surface area (Å²) in [6.45, 7) is 6.42. The number of aromatic nitrogens is 3. The number of aryl methyl sites for hydroxylation is 2. The molecule has 2 aromatic carbocycles. The van der Waals surface area contributed by atoms with E-state index in [0.29, 0.717) is 16.7 Å². The monoisotopic (exact) mass is 457 g/mol. The summed E-state index contributed by atoms with van der Waals surface area (Å²) >= 11 is 7.23. The Morgan fingerprint density at radius 2 is 1.71 bits per heavy atom. The van der Waals surface area contributed by atoms with Crippen molar-refractivity contribution in [1.82, 2.24) is 20.1 Å². The van der Waals surface area contributed by atoms with Crippen LogP contribution in [-0.2, 0) is 16.1 Å². The van der Waals surface area contributed by atoms with E-state index in [-0.39, 0.29) is 24.1 Å². The van der Waals surface area contributed by atoms with Crippen molar-refractivity contribution >= 4 is 40.9 Å². The first-order valence-electron chi connectivity index (χ1n) is 9.83. The van der Waals surface area contributed by atoms with Crippen LogP contribution in [0.5, 0.6) is 0 Å². The van der Waals surface area contributed by atoms with Gasteiger partial charge < -0.3 is 15.2 Å². The average Bonchev–Trinajstić information content (AvgIpc) is 3.17. The zero-order chi connectivity index (χ0) is 22.4. The number of hydrogen-bond donors (Lipinski definition) is 2. The number of nitrogens with zero attached hydrogens (tertiary/aromatic N) is 3. The van der Waals surface area contributed by atoms with Crippen molar-refractivity contribution < 1.29 is 9.59 Å². The van der Waals surface area contributed by atoms with Crippen LogP contribution in [0.3, 0.4) is 0 Å². The first kappa shape index (κ1) is 22.8. The topological polar surface area (TPSA) is 88.9 Å². The van der Waals surface area contributed by atoms with E-state index in [2.05, 4.69) is 20.8 Å². The lowest BCUT2D eigenvalue weighted by molar-refractivity contribution is -0.122. The summed E-state index contributed by atoms with van der Waals surface area (Å²) in [5.74, 6) is 0.336. The normalized spacial score (nSPS) is 10.7. The van der Waals surface area contributed by atoms with Crippen LogP contribution in [0, 0.1) is 13.8 Å². The molecule has 1 heterocycles. The molecule has 0 fully saturated rings. The van der Waals surface area contributed by atoms with Gasteiger partial charge in [-0.3, -0.25) is 9.59 Å². The molecule has 162 valence electrons. The number of amides is 2. The number of carbonyl (C=O) groups is 2. The van der Waals surface area contributed by atoms with Crippen molar-refractivity contribution in [2.24, 2.45) is 0 Å². The zero-order valence-corrected chi connectivity index (χ0v) is 19.2. The number of anilines is 1. The molecule has 0 saturated carbocycles. The molecular formula is C22H24ClN5O2S. The molecule has 31 heavy (non-hydrogen) atoms. The third-order valence-electron chi connectivity index (χ3n) is 4.66. The largest absolute Gasteiger partial charge is 0.346 e. The Morgan fingerprint density at radius 1 is 1.03 bits per heavy atom. The number of nitrogens with one attached hydrogen (secondary N) is 2. The van der Waals surface area contributed by atoms with Crippen LogP contribution >= 0.6 is 23.4 Å². The van der Waals surface area contributed by atoms with Gasteiger partial charge in [-0.2, -0.15) is 0 Å². The quantitative estimate of drug-likeness (QED) is 0.497. The van der Waals surface area contributed by atoms with E-state index < -0.39 is 0 Å². The van der Waals surface area contributed by atoms with Gasteiger partial charge in [0.15, 0.2) is 11.0 Å². The fourth-order valence-electron chi connectivity index (χ4n) is 3.05. The maximum Gasteiger partial charge on any atom is 0.243 e. The van der Waals surface area contributed by atoms with Crippen LogP contribution in [0.4, 0.5) is 5.69 Å². The molecule has 0 atom stereocenters. The van der Waals surface area contributed by atoms with Crippen molar-refractivity contribution in [2.75, 3.05) is 17.6 Å². The zero-order valence-electron chi connectivity index (χ0n) is 17.6. The summed E-state index contributed by atoms with van der Waals surface area (Å²) in [6, 6.07) is 13.2. The molecule has 3 aromatic rings. The van der Waals surface area contributed by atoms with Crippen LogP contribution in [-0.4, -0.2) is 38.9 Å². The third-order valence-corrected chi connectivity index (χ3v) is 5.88. The molecule has 0 aliphatic carbocycles. The summed E-state index contributed by atoms with van der Waals surface area (Å²) in [5.41, 5.74) is 3.64. The minimum atomic E-state index is -0.266. The number of hydrogen-bond acceptors (Lipinski definition) is 5. The summed E-state index contributed by atoms with van der Waals surface area (Å²) < 4.78 is 1.94. The Balaban J connectivity index is 1.54. The molecule has 2 amide bonds. The Labute approximate surface area is 190 Å². The van der Waals surface area contributed by atoms with Gasteiger partial charge in [-0.05, 0) is 56.2 Å². The minimum Gasteiger partial charge on any atom is -0.346 e. The summed E-state index contributed by atoms with van der Waals surface area (Å²) in [6.07, 6.45) is 0. The highest BCUT2D eigenvalue weighted by Crippen LogP contribution is 2.25. The van der Waals surface area contributed by atoms with Gasteiger partial charge in [-0.1, -0.05) is 41.6 Å². The molecule has 0 unspecified atom stereocenters.